The Morgan fingerprint density at radius 2 is 2.31 bits per heavy atom. The highest BCUT2D eigenvalue weighted by Crippen LogP contribution is 2.27. The van der Waals surface area contributed by atoms with Crippen molar-refractivity contribution in [2.45, 2.75) is 18.2 Å². The summed E-state index contributed by atoms with van der Waals surface area (Å²) in [5.74, 6) is 1.02. The lowest BCUT2D eigenvalue weighted by atomic mass is 10.2. The summed E-state index contributed by atoms with van der Waals surface area (Å²) < 4.78 is 0. The Balaban J connectivity index is 2.91. The summed E-state index contributed by atoms with van der Waals surface area (Å²) in [6.45, 7) is 2.11. The molecular weight excluding hydrogens is 204 g/mol. The van der Waals surface area contributed by atoms with Gasteiger partial charge in [0.25, 0.3) is 0 Å². The molecule has 1 nitrogen and oxygen atoms in total. The predicted molar refractivity (Wildman–Crippen MR) is 57.9 cm³/mol. The van der Waals surface area contributed by atoms with Crippen molar-refractivity contribution < 1.29 is 4.79 Å². The highest BCUT2D eigenvalue weighted by atomic mass is 35.5. The lowest BCUT2D eigenvalue weighted by molar-refractivity contribution is 0.112. The van der Waals surface area contributed by atoms with Crippen LogP contribution in [-0.2, 0) is 0 Å². The molecule has 70 valence electrons. The van der Waals surface area contributed by atoms with Crippen LogP contribution in [0.25, 0.3) is 0 Å². The van der Waals surface area contributed by atoms with Crippen LogP contribution in [0.2, 0.25) is 5.02 Å². The molecule has 0 spiro atoms. The standard InChI is InChI=1S/C10H11ClOS/c1-2-6-13-10-5-3-4-9(11)8(10)7-12/h3-5,7H,2,6H2,1H3. The Hall–Kier alpha value is -0.470. The first-order valence-electron chi connectivity index (χ1n) is 4.16. The van der Waals surface area contributed by atoms with Gasteiger partial charge in [-0.3, -0.25) is 4.79 Å². The van der Waals surface area contributed by atoms with Gasteiger partial charge in [0.05, 0.1) is 5.02 Å². The van der Waals surface area contributed by atoms with Crippen LogP contribution in [0, 0.1) is 0 Å². The minimum Gasteiger partial charge on any atom is -0.298 e. The van der Waals surface area contributed by atoms with Gasteiger partial charge in [-0.05, 0) is 24.3 Å². The number of carbonyl (C=O) groups is 1. The first kappa shape index (κ1) is 10.6. The average Bonchev–Trinajstić information content (AvgIpc) is 2.15. The lowest BCUT2D eigenvalue weighted by Gasteiger charge is -2.04. The van der Waals surface area contributed by atoms with Gasteiger partial charge in [-0.25, -0.2) is 0 Å². The van der Waals surface area contributed by atoms with E-state index in [-0.39, 0.29) is 0 Å². The number of hydrogen-bond donors (Lipinski definition) is 0. The van der Waals surface area contributed by atoms with E-state index in [4.69, 9.17) is 11.6 Å². The maximum atomic E-state index is 10.7. The fourth-order valence-electron chi connectivity index (χ4n) is 0.969. The topological polar surface area (TPSA) is 17.1 Å². The average molecular weight is 215 g/mol. The molecule has 0 heterocycles. The van der Waals surface area contributed by atoms with Gasteiger partial charge in [-0.15, -0.1) is 11.8 Å². The molecule has 0 radical (unpaired) electrons. The summed E-state index contributed by atoms with van der Waals surface area (Å²) in [5, 5.41) is 0.538. The minimum absolute atomic E-state index is 0.538. The van der Waals surface area contributed by atoms with Crippen molar-refractivity contribution in [3.05, 3.63) is 28.8 Å². The summed E-state index contributed by atoms with van der Waals surface area (Å²) in [4.78, 5) is 11.7. The summed E-state index contributed by atoms with van der Waals surface area (Å²) in [6.07, 6.45) is 1.91. The lowest BCUT2D eigenvalue weighted by Crippen LogP contribution is -1.87. The van der Waals surface area contributed by atoms with Gasteiger partial charge in [-0.1, -0.05) is 24.6 Å². The van der Waals surface area contributed by atoms with Crippen LogP contribution in [0.15, 0.2) is 23.1 Å². The fraction of sp³-hybridized carbons (Fsp3) is 0.300. The Kier molecular flexibility index (Phi) is 4.33. The molecule has 3 heteroatoms. The van der Waals surface area contributed by atoms with Crippen LogP contribution in [0.1, 0.15) is 23.7 Å². The van der Waals surface area contributed by atoms with Crippen molar-refractivity contribution >= 4 is 29.6 Å². The molecule has 0 unspecified atom stereocenters. The van der Waals surface area contributed by atoms with Crippen LogP contribution >= 0.6 is 23.4 Å². The quantitative estimate of drug-likeness (QED) is 0.562. The molecule has 0 N–H and O–H groups in total. The molecule has 0 aliphatic heterocycles. The molecule has 0 amide bonds. The number of thioether (sulfide) groups is 1. The van der Waals surface area contributed by atoms with Crippen molar-refractivity contribution in [1.82, 2.24) is 0 Å². The van der Waals surface area contributed by atoms with Crippen LogP contribution in [0.3, 0.4) is 0 Å². The smallest absolute Gasteiger partial charge is 0.152 e. The van der Waals surface area contributed by atoms with Crippen LogP contribution in [0.5, 0.6) is 0 Å². The normalized spacial score (nSPS) is 10.0. The van der Waals surface area contributed by atoms with Crippen LogP contribution < -0.4 is 0 Å². The van der Waals surface area contributed by atoms with Gasteiger partial charge in [-0.2, -0.15) is 0 Å². The summed E-state index contributed by atoms with van der Waals surface area (Å²) in [5.41, 5.74) is 0.614. The van der Waals surface area contributed by atoms with E-state index in [1.165, 1.54) is 0 Å². The highest BCUT2D eigenvalue weighted by Gasteiger charge is 2.05. The van der Waals surface area contributed by atoms with E-state index in [1.807, 2.05) is 12.1 Å². The molecular formula is C10H11ClOS. The van der Waals surface area contributed by atoms with E-state index in [2.05, 4.69) is 6.92 Å². The molecule has 1 aromatic carbocycles. The Morgan fingerprint density at radius 3 is 2.92 bits per heavy atom. The minimum atomic E-state index is 0.538. The third-order valence-electron chi connectivity index (χ3n) is 1.59. The van der Waals surface area contributed by atoms with Gasteiger partial charge >= 0.3 is 0 Å². The van der Waals surface area contributed by atoms with E-state index in [1.54, 1.807) is 17.8 Å². The zero-order chi connectivity index (χ0) is 9.68. The Morgan fingerprint density at radius 1 is 1.54 bits per heavy atom. The number of halogens is 1. The first-order chi connectivity index (χ1) is 6.29. The van der Waals surface area contributed by atoms with E-state index < -0.39 is 0 Å². The molecule has 1 rings (SSSR count). The highest BCUT2D eigenvalue weighted by molar-refractivity contribution is 7.99. The summed E-state index contributed by atoms with van der Waals surface area (Å²) in [7, 11) is 0. The largest absolute Gasteiger partial charge is 0.298 e. The van der Waals surface area contributed by atoms with Crippen molar-refractivity contribution in [3.8, 4) is 0 Å². The molecule has 0 aliphatic rings. The first-order valence-corrected chi connectivity index (χ1v) is 5.52. The fourth-order valence-corrected chi connectivity index (χ4v) is 2.16. The number of aldehydes is 1. The predicted octanol–water partition coefficient (Wildman–Crippen LogP) is 3.65. The molecule has 0 bridgehead atoms. The third-order valence-corrected chi connectivity index (χ3v) is 3.20. The second-order valence-corrected chi connectivity index (χ2v) is 4.16. The second-order valence-electron chi connectivity index (χ2n) is 2.62. The maximum absolute atomic E-state index is 10.7. The van der Waals surface area contributed by atoms with Crippen molar-refractivity contribution in [2.75, 3.05) is 5.75 Å². The van der Waals surface area contributed by atoms with E-state index >= 15 is 0 Å². The molecule has 0 aromatic heterocycles. The Labute approximate surface area is 87.5 Å². The van der Waals surface area contributed by atoms with Crippen molar-refractivity contribution in [3.63, 3.8) is 0 Å². The van der Waals surface area contributed by atoms with Crippen molar-refractivity contribution in [1.29, 1.82) is 0 Å². The number of carbonyl (C=O) groups excluding carboxylic acids is 1. The van der Waals surface area contributed by atoms with E-state index in [0.717, 1.165) is 23.4 Å². The Bertz CT molecular complexity index is 299. The molecule has 1 aromatic rings. The number of rotatable bonds is 4. The molecule has 0 fully saturated rings. The van der Waals surface area contributed by atoms with E-state index in [0.29, 0.717) is 10.6 Å². The molecule has 13 heavy (non-hydrogen) atoms. The molecule has 0 saturated carbocycles. The molecule has 0 atom stereocenters. The van der Waals surface area contributed by atoms with Gasteiger partial charge in [0.2, 0.25) is 0 Å². The maximum Gasteiger partial charge on any atom is 0.152 e. The van der Waals surface area contributed by atoms with Crippen LogP contribution in [0.4, 0.5) is 0 Å². The van der Waals surface area contributed by atoms with Gasteiger partial charge < -0.3 is 0 Å². The number of hydrogen-bond acceptors (Lipinski definition) is 2. The van der Waals surface area contributed by atoms with Gasteiger partial charge in [0.15, 0.2) is 6.29 Å². The van der Waals surface area contributed by atoms with Gasteiger partial charge in [0.1, 0.15) is 0 Å². The molecule has 0 saturated heterocycles. The second kappa shape index (κ2) is 5.30. The molecule has 0 aliphatic carbocycles. The third kappa shape index (κ3) is 2.75. The summed E-state index contributed by atoms with van der Waals surface area (Å²) in [6, 6.07) is 5.53. The zero-order valence-corrected chi connectivity index (χ0v) is 8.99. The van der Waals surface area contributed by atoms with Crippen LogP contribution in [-0.4, -0.2) is 12.0 Å². The summed E-state index contributed by atoms with van der Waals surface area (Å²) >= 11 is 7.53. The number of benzene rings is 1. The monoisotopic (exact) mass is 214 g/mol. The van der Waals surface area contributed by atoms with E-state index in [9.17, 15) is 4.79 Å². The zero-order valence-electron chi connectivity index (χ0n) is 7.42. The SMILES string of the molecule is CCCSc1cccc(Cl)c1C=O. The van der Waals surface area contributed by atoms with Gasteiger partial charge in [0, 0.05) is 10.5 Å². The van der Waals surface area contributed by atoms with Crippen molar-refractivity contribution in [2.24, 2.45) is 0 Å².